The van der Waals surface area contributed by atoms with Crippen LogP contribution in [-0.4, -0.2) is 26.6 Å². The molecule has 2 rings (SSSR count). The number of hydrogen-bond acceptors (Lipinski definition) is 4. The molecule has 0 saturated heterocycles. The van der Waals surface area contributed by atoms with Crippen LogP contribution in [-0.2, 0) is 13.6 Å². The highest BCUT2D eigenvalue weighted by Crippen LogP contribution is 2.16. The van der Waals surface area contributed by atoms with Crippen LogP contribution < -0.4 is 4.90 Å². The van der Waals surface area contributed by atoms with Crippen molar-refractivity contribution in [3.8, 4) is 0 Å². The molecule has 0 N–H and O–H groups in total. The molecule has 0 bridgehead atoms. The standard InChI is InChI=1S/C11H14ClN5/c1-8-14-9(12)6-10(15-8)17(3)7-11-13-4-5-16(11)2/h4-6H,7H2,1-3H3. The minimum absolute atomic E-state index is 0.458. The van der Waals surface area contributed by atoms with Crippen molar-refractivity contribution in [2.45, 2.75) is 13.5 Å². The Kier molecular flexibility index (Phi) is 3.28. The highest BCUT2D eigenvalue weighted by atomic mass is 35.5. The van der Waals surface area contributed by atoms with E-state index in [1.165, 1.54) is 0 Å². The van der Waals surface area contributed by atoms with Gasteiger partial charge in [-0.1, -0.05) is 11.6 Å². The SMILES string of the molecule is Cc1nc(Cl)cc(N(C)Cc2nccn2C)n1. The van der Waals surface area contributed by atoms with E-state index in [1.54, 1.807) is 12.3 Å². The van der Waals surface area contributed by atoms with Gasteiger partial charge in [0.15, 0.2) is 0 Å². The molecule has 6 heteroatoms. The summed E-state index contributed by atoms with van der Waals surface area (Å²) in [5.41, 5.74) is 0. The molecule has 0 aliphatic carbocycles. The van der Waals surface area contributed by atoms with E-state index >= 15 is 0 Å². The van der Waals surface area contributed by atoms with Crippen LogP contribution in [0.4, 0.5) is 5.82 Å². The van der Waals surface area contributed by atoms with Crippen molar-refractivity contribution in [1.82, 2.24) is 19.5 Å². The van der Waals surface area contributed by atoms with Crippen molar-refractivity contribution >= 4 is 17.4 Å². The van der Waals surface area contributed by atoms with Crippen LogP contribution in [0.15, 0.2) is 18.5 Å². The zero-order valence-electron chi connectivity index (χ0n) is 10.1. The normalized spacial score (nSPS) is 10.6. The molecule has 0 saturated carbocycles. The first-order chi connectivity index (χ1) is 8.06. The van der Waals surface area contributed by atoms with Crippen molar-refractivity contribution in [1.29, 1.82) is 0 Å². The summed E-state index contributed by atoms with van der Waals surface area (Å²) in [7, 11) is 3.92. The highest BCUT2D eigenvalue weighted by molar-refractivity contribution is 6.29. The van der Waals surface area contributed by atoms with Crippen molar-refractivity contribution in [2.24, 2.45) is 7.05 Å². The molecular formula is C11H14ClN5. The van der Waals surface area contributed by atoms with Crippen LogP contribution in [0.5, 0.6) is 0 Å². The smallest absolute Gasteiger partial charge is 0.134 e. The van der Waals surface area contributed by atoms with Gasteiger partial charge in [0, 0.05) is 32.6 Å². The zero-order chi connectivity index (χ0) is 12.4. The van der Waals surface area contributed by atoms with E-state index in [1.807, 2.05) is 36.7 Å². The second-order valence-corrected chi connectivity index (χ2v) is 4.29. The van der Waals surface area contributed by atoms with Gasteiger partial charge in [-0.15, -0.1) is 0 Å². The van der Waals surface area contributed by atoms with Crippen LogP contribution in [0.3, 0.4) is 0 Å². The summed E-state index contributed by atoms with van der Waals surface area (Å²) in [6, 6.07) is 1.75. The molecule has 0 fully saturated rings. The fourth-order valence-electron chi connectivity index (χ4n) is 1.55. The molecular weight excluding hydrogens is 238 g/mol. The average molecular weight is 252 g/mol. The minimum Gasteiger partial charge on any atom is -0.352 e. The topological polar surface area (TPSA) is 46.8 Å². The molecule has 90 valence electrons. The lowest BCUT2D eigenvalue weighted by Crippen LogP contribution is -2.20. The first kappa shape index (κ1) is 11.9. The summed E-state index contributed by atoms with van der Waals surface area (Å²) in [4.78, 5) is 14.6. The fraction of sp³-hybridized carbons (Fsp3) is 0.364. The van der Waals surface area contributed by atoms with Gasteiger partial charge >= 0.3 is 0 Å². The molecule has 17 heavy (non-hydrogen) atoms. The summed E-state index contributed by atoms with van der Waals surface area (Å²) < 4.78 is 1.98. The van der Waals surface area contributed by atoms with E-state index in [-0.39, 0.29) is 0 Å². The Balaban J connectivity index is 2.20. The molecule has 0 unspecified atom stereocenters. The molecule has 0 aliphatic heterocycles. The molecule has 0 aliphatic rings. The molecule has 0 amide bonds. The Morgan fingerprint density at radius 1 is 1.41 bits per heavy atom. The third-order valence-electron chi connectivity index (χ3n) is 2.48. The third kappa shape index (κ3) is 2.74. The Labute approximate surface area is 105 Å². The van der Waals surface area contributed by atoms with Crippen molar-refractivity contribution in [3.05, 3.63) is 35.3 Å². The zero-order valence-corrected chi connectivity index (χ0v) is 10.8. The molecule has 0 radical (unpaired) electrons. The number of imidazole rings is 1. The number of aromatic nitrogens is 4. The predicted molar refractivity (Wildman–Crippen MR) is 67.1 cm³/mol. The summed E-state index contributed by atoms with van der Waals surface area (Å²) in [5, 5.41) is 0.458. The number of aryl methyl sites for hydroxylation is 2. The van der Waals surface area contributed by atoms with Crippen LogP contribution in [0.1, 0.15) is 11.6 Å². The Hall–Kier alpha value is -1.62. The monoisotopic (exact) mass is 251 g/mol. The lowest BCUT2D eigenvalue weighted by atomic mass is 10.4. The minimum atomic E-state index is 0.458. The summed E-state index contributed by atoms with van der Waals surface area (Å²) in [6.45, 7) is 2.50. The molecule has 2 aromatic rings. The van der Waals surface area contributed by atoms with E-state index in [4.69, 9.17) is 11.6 Å². The van der Waals surface area contributed by atoms with E-state index in [0.717, 1.165) is 11.6 Å². The van der Waals surface area contributed by atoms with Gasteiger partial charge in [0.05, 0.1) is 6.54 Å². The first-order valence-corrected chi connectivity index (χ1v) is 5.62. The van der Waals surface area contributed by atoms with Gasteiger partial charge in [-0.05, 0) is 6.92 Å². The second-order valence-electron chi connectivity index (χ2n) is 3.91. The molecule has 0 atom stereocenters. The summed E-state index contributed by atoms with van der Waals surface area (Å²) >= 11 is 5.91. The summed E-state index contributed by atoms with van der Waals surface area (Å²) in [6.07, 6.45) is 3.70. The van der Waals surface area contributed by atoms with Crippen molar-refractivity contribution in [2.75, 3.05) is 11.9 Å². The van der Waals surface area contributed by atoms with E-state index in [2.05, 4.69) is 15.0 Å². The number of hydrogen-bond donors (Lipinski definition) is 0. The average Bonchev–Trinajstić information content (AvgIpc) is 2.63. The largest absolute Gasteiger partial charge is 0.352 e. The fourth-order valence-corrected chi connectivity index (χ4v) is 1.77. The first-order valence-electron chi connectivity index (χ1n) is 5.25. The van der Waals surface area contributed by atoms with Gasteiger partial charge in [-0.2, -0.15) is 0 Å². The summed E-state index contributed by atoms with van der Waals surface area (Å²) in [5.74, 6) is 2.43. The van der Waals surface area contributed by atoms with Crippen LogP contribution in [0.2, 0.25) is 5.15 Å². The number of nitrogens with zero attached hydrogens (tertiary/aromatic N) is 5. The van der Waals surface area contributed by atoms with E-state index in [9.17, 15) is 0 Å². The molecule has 0 spiro atoms. The lowest BCUT2D eigenvalue weighted by molar-refractivity contribution is 0.752. The molecule has 2 heterocycles. The van der Waals surface area contributed by atoms with Gasteiger partial charge in [0.1, 0.15) is 22.6 Å². The van der Waals surface area contributed by atoms with Gasteiger partial charge < -0.3 is 9.47 Å². The Bertz CT molecular complexity index is 502. The number of rotatable bonds is 3. The number of anilines is 1. The van der Waals surface area contributed by atoms with E-state index < -0.39 is 0 Å². The molecule has 5 nitrogen and oxygen atoms in total. The lowest BCUT2D eigenvalue weighted by Gasteiger charge is -2.18. The van der Waals surface area contributed by atoms with Crippen LogP contribution in [0, 0.1) is 6.92 Å². The Morgan fingerprint density at radius 3 is 2.76 bits per heavy atom. The van der Waals surface area contributed by atoms with Gasteiger partial charge in [-0.25, -0.2) is 15.0 Å². The third-order valence-corrected chi connectivity index (χ3v) is 2.68. The van der Waals surface area contributed by atoms with Gasteiger partial charge in [-0.3, -0.25) is 0 Å². The highest BCUT2D eigenvalue weighted by Gasteiger charge is 2.08. The maximum absolute atomic E-state index is 5.91. The van der Waals surface area contributed by atoms with Crippen LogP contribution in [0.25, 0.3) is 0 Å². The maximum Gasteiger partial charge on any atom is 0.134 e. The Morgan fingerprint density at radius 2 is 2.18 bits per heavy atom. The number of halogens is 1. The van der Waals surface area contributed by atoms with Crippen molar-refractivity contribution < 1.29 is 0 Å². The van der Waals surface area contributed by atoms with Crippen LogP contribution >= 0.6 is 11.6 Å². The molecule has 2 aromatic heterocycles. The predicted octanol–water partition coefficient (Wildman–Crippen LogP) is 1.81. The van der Waals surface area contributed by atoms with Crippen molar-refractivity contribution in [3.63, 3.8) is 0 Å². The quantitative estimate of drug-likeness (QED) is 0.781. The maximum atomic E-state index is 5.91. The van der Waals surface area contributed by atoms with E-state index in [0.29, 0.717) is 17.5 Å². The second kappa shape index (κ2) is 4.71. The van der Waals surface area contributed by atoms with Gasteiger partial charge in [0.2, 0.25) is 0 Å². The molecule has 0 aromatic carbocycles. The van der Waals surface area contributed by atoms with Gasteiger partial charge in [0.25, 0.3) is 0 Å².